The minimum absolute atomic E-state index is 0.229. The van der Waals surface area contributed by atoms with Gasteiger partial charge in [-0.2, -0.15) is 0 Å². The summed E-state index contributed by atoms with van der Waals surface area (Å²) in [6, 6.07) is 0. The van der Waals surface area contributed by atoms with Gasteiger partial charge in [0, 0.05) is 46.4 Å². The summed E-state index contributed by atoms with van der Waals surface area (Å²) >= 11 is 1.21. The summed E-state index contributed by atoms with van der Waals surface area (Å²) < 4.78 is 24.3. The number of hydrogen-bond donors (Lipinski definition) is 0. The van der Waals surface area contributed by atoms with E-state index in [1.807, 2.05) is 6.92 Å². The SMILES string of the molecule is COOSN1CCN(c2cnc(OCC3(OC)CCN(C(=O)OC4(C)CC4)CC3)cn2)CC1. The van der Waals surface area contributed by atoms with Crippen molar-refractivity contribution < 1.29 is 28.2 Å². The molecule has 0 spiro atoms. The first kappa shape index (κ1) is 24.3. The highest BCUT2D eigenvalue weighted by molar-refractivity contribution is 7.92. The topological polar surface area (TPSA) is 98.7 Å². The first-order chi connectivity index (χ1) is 15.9. The Labute approximate surface area is 198 Å². The molecule has 0 bridgehead atoms. The molecule has 3 fully saturated rings. The lowest BCUT2D eigenvalue weighted by Gasteiger charge is -2.40. The molecule has 0 aromatic carbocycles. The Morgan fingerprint density at radius 1 is 1.03 bits per heavy atom. The number of piperazine rings is 1. The van der Waals surface area contributed by atoms with Gasteiger partial charge in [0.25, 0.3) is 0 Å². The second-order valence-corrected chi connectivity index (χ2v) is 9.72. The van der Waals surface area contributed by atoms with Gasteiger partial charge in [-0.1, -0.05) is 0 Å². The Morgan fingerprint density at radius 3 is 2.33 bits per heavy atom. The zero-order valence-electron chi connectivity index (χ0n) is 19.5. The van der Waals surface area contributed by atoms with Gasteiger partial charge < -0.3 is 24.0 Å². The van der Waals surface area contributed by atoms with Crippen molar-refractivity contribution in [3.8, 4) is 5.88 Å². The average molecular weight is 484 g/mol. The highest BCUT2D eigenvalue weighted by Crippen LogP contribution is 2.39. The third kappa shape index (κ3) is 6.38. The van der Waals surface area contributed by atoms with Crippen LogP contribution in [-0.2, 0) is 18.7 Å². The lowest BCUT2D eigenvalue weighted by atomic mass is 9.92. The van der Waals surface area contributed by atoms with E-state index in [9.17, 15) is 4.79 Å². The summed E-state index contributed by atoms with van der Waals surface area (Å²) in [5.74, 6) is 1.28. The first-order valence-corrected chi connectivity index (χ1v) is 12.0. The van der Waals surface area contributed by atoms with Gasteiger partial charge >= 0.3 is 6.09 Å². The van der Waals surface area contributed by atoms with E-state index in [2.05, 4.69) is 24.1 Å². The van der Waals surface area contributed by atoms with Gasteiger partial charge in [0.2, 0.25) is 5.88 Å². The molecular formula is C21H33N5O6S. The van der Waals surface area contributed by atoms with E-state index >= 15 is 0 Å². The zero-order valence-corrected chi connectivity index (χ0v) is 20.3. The number of hydrogen-bond acceptors (Lipinski definition) is 11. The van der Waals surface area contributed by atoms with Crippen molar-refractivity contribution in [3.05, 3.63) is 12.4 Å². The monoisotopic (exact) mass is 483 g/mol. The first-order valence-electron chi connectivity index (χ1n) is 11.3. The molecule has 0 radical (unpaired) electrons. The normalized spacial score (nSPS) is 22.2. The molecule has 33 heavy (non-hydrogen) atoms. The van der Waals surface area contributed by atoms with Crippen LogP contribution in [0.1, 0.15) is 32.6 Å². The quantitative estimate of drug-likeness (QED) is 0.224. The molecule has 184 valence electrons. The Hall–Kier alpha value is -1.86. The predicted octanol–water partition coefficient (Wildman–Crippen LogP) is 2.29. The number of amides is 1. The fourth-order valence-corrected chi connectivity index (χ4v) is 4.33. The number of anilines is 1. The number of nitrogens with zero attached hydrogens (tertiary/aromatic N) is 5. The minimum Gasteiger partial charge on any atom is -0.473 e. The highest BCUT2D eigenvalue weighted by atomic mass is 32.2. The Balaban J connectivity index is 1.22. The van der Waals surface area contributed by atoms with Gasteiger partial charge in [-0.15, -0.1) is 4.33 Å². The molecular weight excluding hydrogens is 450 g/mol. The third-order valence-corrected chi connectivity index (χ3v) is 7.29. The Morgan fingerprint density at radius 2 is 1.76 bits per heavy atom. The molecule has 1 aliphatic carbocycles. The summed E-state index contributed by atoms with van der Waals surface area (Å²) in [6.07, 6.45) is 6.40. The van der Waals surface area contributed by atoms with Crippen molar-refractivity contribution in [2.75, 3.05) is 65.0 Å². The second-order valence-electron chi connectivity index (χ2n) is 8.92. The van der Waals surface area contributed by atoms with Crippen LogP contribution in [0.25, 0.3) is 0 Å². The van der Waals surface area contributed by atoms with Crippen molar-refractivity contribution in [2.24, 2.45) is 0 Å². The Bertz CT molecular complexity index is 780. The van der Waals surface area contributed by atoms with Crippen LogP contribution >= 0.6 is 12.2 Å². The van der Waals surface area contributed by atoms with Gasteiger partial charge in [0.05, 0.1) is 19.5 Å². The average Bonchev–Trinajstić information content (AvgIpc) is 3.58. The van der Waals surface area contributed by atoms with Crippen molar-refractivity contribution in [2.45, 2.75) is 43.8 Å². The van der Waals surface area contributed by atoms with Gasteiger partial charge in [-0.25, -0.2) is 24.0 Å². The molecule has 1 aromatic heterocycles. The maximum atomic E-state index is 12.4. The zero-order chi connectivity index (χ0) is 23.3. The van der Waals surface area contributed by atoms with Crippen molar-refractivity contribution >= 4 is 24.1 Å². The maximum absolute atomic E-state index is 12.4. The molecule has 1 saturated carbocycles. The number of carbonyl (C=O) groups is 1. The van der Waals surface area contributed by atoms with Crippen LogP contribution in [0.15, 0.2) is 12.4 Å². The molecule has 3 heterocycles. The van der Waals surface area contributed by atoms with Crippen LogP contribution < -0.4 is 9.64 Å². The molecule has 2 aliphatic heterocycles. The molecule has 11 nitrogen and oxygen atoms in total. The van der Waals surface area contributed by atoms with Crippen molar-refractivity contribution in [1.82, 2.24) is 19.2 Å². The summed E-state index contributed by atoms with van der Waals surface area (Å²) in [7, 11) is 3.18. The van der Waals surface area contributed by atoms with Crippen LogP contribution in [0.2, 0.25) is 0 Å². The molecule has 1 aromatic rings. The van der Waals surface area contributed by atoms with E-state index in [-0.39, 0.29) is 11.7 Å². The summed E-state index contributed by atoms with van der Waals surface area (Å²) in [4.78, 5) is 29.9. The third-order valence-electron chi connectivity index (χ3n) is 6.52. The van der Waals surface area contributed by atoms with Crippen LogP contribution in [0.3, 0.4) is 0 Å². The number of methoxy groups -OCH3 is 1. The van der Waals surface area contributed by atoms with Gasteiger partial charge in [-0.3, -0.25) is 0 Å². The number of likely N-dealkylation sites (tertiary alicyclic amines) is 1. The van der Waals surface area contributed by atoms with Crippen LogP contribution in [0.4, 0.5) is 10.6 Å². The van der Waals surface area contributed by atoms with E-state index in [0.717, 1.165) is 44.8 Å². The number of piperidine rings is 1. The standard InChI is InChI=1S/C21H33N5O6S/c1-20(4-5-20)31-19(27)25-8-6-21(28-2,7-9-25)16-30-18-15-22-17(14-23-18)24-10-12-26(13-11-24)33-32-29-3/h14-15H,4-13,16H2,1-3H3. The van der Waals surface area contributed by atoms with Crippen LogP contribution in [0, 0.1) is 0 Å². The van der Waals surface area contributed by atoms with E-state index < -0.39 is 5.60 Å². The van der Waals surface area contributed by atoms with E-state index in [1.54, 1.807) is 24.4 Å². The molecule has 3 aliphatic rings. The molecule has 4 rings (SSSR count). The molecule has 2 saturated heterocycles. The Kier molecular flexibility index (Phi) is 7.80. The minimum atomic E-state index is -0.459. The van der Waals surface area contributed by atoms with E-state index in [1.165, 1.54) is 19.3 Å². The summed E-state index contributed by atoms with van der Waals surface area (Å²) in [6.45, 7) is 6.79. The molecule has 12 heteroatoms. The number of aromatic nitrogens is 2. The molecule has 0 atom stereocenters. The maximum Gasteiger partial charge on any atom is 0.410 e. The lowest BCUT2D eigenvalue weighted by molar-refractivity contribution is -0.163. The predicted molar refractivity (Wildman–Crippen MR) is 122 cm³/mol. The summed E-state index contributed by atoms with van der Waals surface area (Å²) in [5, 5.41) is 0. The number of carbonyl (C=O) groups excluding carboxylic acids is 1. The van der Waals surface area contributed by atoms with Crippen LogP contribution in [-0.4, -0.2) is 96.6 Å². The molecule has 0 unspecified atom stereocenters. The number of ether oxygens (including phenoxy) is 3. The van der Waals surface area contributed by atoms with Crippen LogP contribution in [0.5, 0.6) is 5.88 Å². The largest absolute Gasteiger partial charge is 0.473 e. The highest BCUT2D eigenvalue weighted by Gasteiger charge is 2.44. The van der Waals surface area contributed by atoms with E-state index in [4.69, 9.17) is 18.5 Å². The van der Waals surface area contributed by atoms with Crippen molar-refractivity contribution in [3.63, 3.8) is 0 Å². The number of rotatable bonds is 9. The van der Waals surface area contributed by atoms with Gasteiger partial charge in [0.15, 0.2) is 0 Å². The van der Waals surface area contributed by atoms with Crippen molar-refractivity contribution in [1.29, 1.82) is 0 Å². The smallest absolute Gasteiger partial charge is 0.410 e. The van der Waals surface area contributed by atoms with Gasteiger partial charge in [-0.05, 0) is 32.6 Å². The second kappa shape index (κ2) is 10.6. The molecule has 1 amide bonds. The lowest BCUT2D eigenvalue weighted by Crippen LogP contribution is -2.51. The summed E-state index contributed by atoms with van der Waals surface area (Å²) in [5.41, 5.74) is -0.718. The fourth-order valence-electron chi connectivity index (χ4n) is 3.88. The van der Waals surface area contributed by atoms with Gasteiger partial charge in [0.1, 0.15) is 35.9 Å². The van der Waals surface area contributed by atoms with E-state index in [0.29, 0.717) is 38.4 Å². The molecule has 0 N–H and O–H groups in total. The fraction of sp³-hybridized carbons (Fsp3) is 0.762.